The molecule has 2 aliphatic rings. The molecule has 6 rings (SSSR count). The smallest absolute Gasteiger partial charge is 0.169 e. The Labute approximate surface area is 271 Å². The lowest BCUT2D eigenvalue weighted by Crippen LogP contribution is -2.33. The van der Waals surface area contributed by atoms with E-state index in [1.165, 1.54) is 16.7 Å². The zero-order valence-corrected chi connectivity index (χ0v) is 27.2. The Kier molecular flexibility index (Phi) is 8.84. The van der Waals surface area contributed by atoms with E-state index in [0.717, 1.165) is 60.4 Å². The minimum atomic E-state index is -0.175. The number of ether oxygens (including phenoxy) is 4. The number of rotatable bonds is 9. The van der Waals surface area contributed by atoms with E-state index in [1.54, 1.807) is 33.5 Å². The predicted molar refractivity (Wildman–Crippen MR) is 180 cm³/mol. The molecule has 0 aromatic heterocycles. The van der Waals surface area contributed by atoms with E-state index in [1.807, 2.05) is 30.3 Å². The van der Waals surface area contributed by atoms with Gasteiger partial charge in [-0.15, -0.1) is 0 Å². The van der Waals surface area contributed by atoms with E-state index < -0.39 is 0 Å². The maximum absolute atomic E-state index is 11.0. The van der Waals surface area contributed by atoms with E-state index in [2.05, 4.69) is 54.7 Å². The maximum Gasteiger partial charge on any atom is 0.169 e. The van der Waals surface area contributed by atoms with Gasteiger partial charge in [0.1, 0.15) is 5.75 Å². The second kappa shape index (κ2) is 13.0. The number of aromatic hydroxyl groups is 2. The first kappa shape index (κ1) is 31.3. The summed E-state index contributed by atoms with van der Waals surface area (Å²) >= 11 is 0. The van der Waals surface area contributed by atoms with Gasteiger partial charge in [0.05, 0.1) is 27.4 Å². The van der Waals surface area contributed by atoms with Crippen molar-refractivity contribution in [3.8, 4) is 40.2 Å². The molecule has 0 bridgehead atoms. The lowest BCUT2D eigenvalue weighted by molar-refractivity contribution is 0.228. The van der Waals surface area contributed by atoms with Crippen LogP contribution in [0.2, 0.25) is 0 Å². The van der Waals surface area contributed by atoms with E-state index in [-0.39, 0.29) is 23.6 Å². The van der Waals surface area contributed by atoms with Crippen LogP contribution >= 0.6 is 0 Å². The van der Waals surface area contributed by atoms with Crippen LogP contribution in [-0.4, -0.2) is 68.5 Å². The van der Waals surface area contributed by atoms with Gasteiger partial charge in [-0.3, -0.25) is 9.80 Å². The van der Waals surface area contributed by atoms with E-state index >= 15 is 0 Å². The Morgan fingerprint density at radius 3 is 2.09 bits per heavy atom. The lowest BCUT2D eigenvalue weighted by Gasteiger charge is -2.36. The zero-order chi connectivity index (χ0) is 32.5. The van der Waals surface area contributed by atoms with Crippen LogP contribution in [0.3, 0.4) is 0 Å². The number of hydrogen-bond acceptors (Lipinski definition) is 8. The molecule has 0 radical (unpaired) electrons. The van der Waals surface area contributed by atoms with Gasteiger partial charge in [0.25, 0.3) is 0 Å². The average Bonchev–Trinajstić information content (AvgIpc) is 3.06. The number of phenolic OH excluding ortho intramolecular Hbond substituents is 2. The third-order valence-corrected chi connectivity index (χ3v) is 9.43. The quantitative estimate of drug-likeness (QED) is 0.208. The van der Waals surface area contributed by atoms with Crippen LogP contribution in [0.1, 0.15) is 45.5 Å². The molecule has 8 nitrogen and oxygen atoms in total. The lowest BCUT2D eigenvalue weighted by atomic mass is 9.85. The van der Waals surface area contributed by atoms with Gasteiger partial charge in [0, 0.05) is 19.1 Å². The van der Waals surface area contributed by atoms with E-state index in [0.29, 0.717) is 23.0 Å². The van der Waals surface area contributed by atoms with Crippen molar-refractivity contribution in [2.75, 3.05) is 48.5 Å². The molecule has 0 amide bonds. The minimum Gasteiger partial charge on any atom is -0.504 e. The van der Waals surface area contributed by atoms with E-state index in [4.69, 9.17) is 18.9 Å². The second-order valence-electron chi connectivity index (χ2n) is 12.2. The van der Waals surface area contributed by atoms with Gasteiger partial charge in [-0.1, -0.05) is 24.8 Å². The Hall–Kier alpha value is -4.66. The Morgan fingerprint density at radius 2 is 1.39 bits per heavy atom. The van der Waals surface area contributed by atoms with Crippen LogP contribution in [0.25, 0.3) is 5.57 Å². The highest BCUT2D eigenvalue weighted by Crippen LogP contribution is 2.46. The summed E-state index contributed by atoms with van der Waals surface area (Å²) in [5.41, 5.74) is 7.37. The number of phenols is 2. The van der Waals surface area contributed by atoms with Crippen LogP contribution in [0.15, 0.2) is 73.3 Å². The van der Waals surface area contributed by atoms with Gasteiger partial charge in [-0.2, -0.15) is 0 Å². The summed E-state index contributed by atoms with van der Waals surface area (Å²) in [4.78, 5) is 4.59. The molecule has 2 aliphatic heterocycles. The van der Waals surface area contributed by atoms with Crippen molar-refractivity contribution in [3.63, 3.8) is 0 Å². The van der Waals surface area contributed by atoms with Gasteiger partial charge >= 0.3 is 0 Å². The first-order valence-corrected chi connectivity index (χ1v) is 15.5. The fraction of sp³-hybridized carbons (Fsp3) is 0.316. The topological polar surface area (TPSA) is 83.9 Å². The van der Waals surface area contributed by atoms with Crippen molar-refractivity contribution in [1.29, 1.82) is 0 Å². The van der Waals surface area contributed by atoms with Crippen LogP contribution in [0, 0.1) is 0 Å². The Balaban J connectivity index is 1.32. The normalized spacial score (nSPS) is 17.9. The van der Waals surface area contributed by atoms with Crippen molar-refractivity contribution in [2.24, 2.45) is 0 Å². The number of methoxy groups -OCH3 is 3. The molecular formula is C38H42N2O6. The number of fused-ring (bicyclic) bond motifs is 2. The summed E-state index contributed by atoms with van der Waals surface area (Å²) in [6.45, 7) is 6.24. The monoisotopic (exact) mass is 622 g/mol. The van der Waals surface area contributed by atoms with Crippen molar-refractivity contribution < 1.29 is 29.2 Å². The molecule has 0 spiro atoms. The van der Waals surface area contributed by atoms with Crippen molar-refractivity contribution in [1.82, 2.24) is 9.80 Å². The third-order valence-electron chi connectivity index (χ3n) is 9.43. The molecule has 8 heteroatoms. The average molecular weight is 623 g/mol. The third kappa shape index (κ3) is 5.98. The second-order valence-corrected chi connectivity index (χ2v) is 12.2. The number of likely N-dealkylation sites (N-methyl/N-ethyl adjacent to an activating group) is 2. The van der Waals surface area contributed by atoms with Crippen molar-refractivity contribution >= 4 is 5.57 Å². The summed E-state index contributed by atoms with van der Waals surface area (Å²) in [6.07, 6.45) is 2.57. The summed E-state index contributed by atoms with van der Waals surface area (Å²) in [5.74, 6) is 2.87. The minimum absolute atomic E-state index is 0.0167. The zero-order valence-electron chi connectivity index (χ0n) is 27.2. The van der Waals surface area contributed by atoms with Gasteiger partial charge in [0.2, 0.25) is 0 Å². The summed E-state index contributed by atoms with van der Waals surface area (Å²) in [5, 5.41) is 21.5. The van der Waals surface area contributed by atoms with Gasteiger partial charge in [-0.25, -0.2) is 0 Å². The Bertz CT molecular complexity index is 1750. The van der Waals surface area contributed by atoms with Gasteiger partial charge < -0.3 is 29.2 Å². The fourth-order valence-corrected chi connectivity index (χ4v) is 6.77. The number of hydrogen-bond donors (Lipinski definition) is 2. The summed E-state index contributed by atoms with van der Waals surface area (Å²) in [6, 6.07) is 21.3. The molecule has 0 saturated heterocycles. The highest BCUT2D eigenvalue weighted by atomic mass is 16.5. The first-order valence-electron chi connectivity index (χ1n) is 15.5. The molecule has 4 aromatic rings. The van der Waals surface area contributed by atoms with Gasteiger partial charge in [-0.05, 0) is 121 Å². The van der Waals surface area contributed by atoms with Crippen LogP contribution in [0.5, 0.6) is 40.2 Å². The molecule has 0 aliphatic carbocycles. The molecule has 2 atom stereocenters. The molecule has 4 aromatic carbocycles. The molecular weight excluding hydrogens is 580 g/mol. The molecule has 0 fully saturated rings. The first-order chi connectivity index (χ1) is 22.2. The van der Waals surface area contributed by atoms with Crippen molar-refractivity contribution in [3.05, 3.63) is 107 Å². The van der Waals surface area contributed by atoms with Crippen LogP contribution in [-0.2, 0) is 19.3 Å². The largest absolute Gasteiger partial charge is 0.504 e. The SMILES string of the molecule is C=C(c1ccc(O)c(Oc2cc3c(cc2OC)CCN(C)[C@@H]3Cc2ccc(OC)cc2)c1)[C@H]1c2cc(O)c(OC)cc2CCN1C. The van der Waals surface area contributed by atoms with E-state index in [9.17, 15) is 10.2 Å². The van der Waals surface area contributed by atoms with Crippen molar-refractivity contribution in [2.45, 2.75) is 31.3 Å². The molecule has 0 unspecified atom stereocenters. The van der Waals surface area contributed by atoms with Crippen LogP contribution < -0.4 is 18.9 Å². The highest BCUT2D eigenvalue weighted by Gasteiger charge is 2.31. The maximum atomic E-state index is 11.0. The predicted octanol–water partition coefficient (Wildman–Crippen LogP) is 6.93. The molecule has 0 saturated carbocycles. The fourth-order valence-electron chi connectivity index (χ4n) is 6.77. The summed E-state index contributed by atoms with van der Waals surface area (Å²) < 4.78 is 23.0. The van der Waals surface area contributed by atoms with Crippen LogP contribution in [0.4, 0.5) is 0 Å². The molecule has 46 heavy (non-hydrogen) atoms. The number of nitrogens with zero attached hydrogens (tertiary/aromatic N) is 2. The summed E-state index contributed by atoms with van der Waals surface area (Å²) in [7, 11) is 9.07. The Morgan fingerprint density at radius 1 is 0.717 bits per heavy atom. The van der Waals surface area contributed by atoms with Gasteiger partial charge in [0.15, 0.2) is 34.5 Å². The molecule has 240 valence electrons. The number of benzene rings is 4. The highest BCUT2D eigenvalue weighted by molar-refractivity contribution is 5.73. The standard InChI is InChI=1S/C38H42N2O6/c1-23(38-30-21-33(42)34(44-5)19-27(30)14-16-40(38)3)25-9-12-32(41)35(18-25)46-37-22-29-26(20-36(37)45-6)13-15-39(2)31(29)17-24-7-10-28(43-4)11-8-24/h7-12,18-22,31,38,41-42H,1,13-17H2,2-6H3/t31-,38+/m1/s1. The molecule has 2 N–H and O–H groups in total. The molecule has 2 heterocycles.